The second kappa shape index (κ2) is 8.23. The number of nitrogens with one attached hydrogen (secondary N) is 1. The van der Waals surface area contributed by atoms with E-state index in [9.17, 15) is 0 Å². The van der Waals surface area contributed by atoms with Crippen LogP contribution in [0.5, 0.6) is 0 Å². The van der Waals surface area contributed by atoms with Gasteiger partial charge in [0.15, 0.2) is 0 Å². The minimum Gasteiger partial charge on any atom is -0.271 e. The third-order valence-electron chi connectivity index (χ3n) is 2.22. The topological polar surface area (TPSA) is 38.0 Å². The zero-order chi connectivity index (χ0) is 11.6. The maximum Gasteiger partial charge on any atom is 0.0313 e. The molecule has 86 valence electrons. The Morgan fingerprint density at radius 3 is 2.75 bits per heavy atom. The maximum atomic E-state index is 5.51. The summed E-state index contributed by atoms with van der Waals surface area (Å²) in [6.07, 6.45) is 1.90. The van der Waals surface area contributed by atoms with Gasteiger partial charge in [-0.1, -0.05) is 18.2 Å². The number of rotatable bonds is 6. The van der Waals surface area contributed by atoms with Gasteiger partial charge in [-0.3, -0.25) is 11.3 Å². The van der Waals surface area contributed by atoms with E-state index in [-0.39, 0.29) is 0 Å². The van der Waals surface area contributed by atoms with Crippen LogP contribution in [0.2, 0.25) is 0 Å². The van der Waals surface area contributed by atoms with E-state index in [1.165, 1.54) is 4.90 Å². The third kappa shape index (κ3) is 5.22. The van der Waals surface area contributed by atoms with Gasteiger partial charge in [0.05, 0.1) is 0 Å². The molecule has 0 heterocycles. The molecule has 1 atom stereocenters. The fraction of sp³-hybridized carbons (Fsp3) is 0.385. The van der Waals surface area contributed by atoms with Crippen LogP contribution in [0, 0.1) is 11.8 Å². The zero-order valence-corrected chi connectivity index (χ0v) is 10.4. The third-order valence-corrected chi connectivity index (χ3v) is 3.40. The monoisotopic (exact) mass is 234 g/mol. The first-order valence-electron chi connectivity index (χ1n) is 5.40. The predicted octanol–water partition coefficient (Wildman–Crippen LogP) is 2.41. The van der Waals surface area contributed by atoms with Gasteiger partial charge in [0.25, 0.3) is 0 Å². The lowest BCUT2D eigenvalue weighted by atomic mass is 10.2. The highest BCUT2D eigenvalue weighted by atomic mass is 32.2. The molecule has 3 N–H and O–H groups in total. The molecule has 2 nitrogen and oxygen atoms in total. The standard InChI is InChI=1S/C13H18N2S/c1-2-3-5-8-12(15-14)11-16-13-9-6-4-7-10-13/h4,6-7,9-10,12,15H,5,8,11,14H2,1H3. The molecule has 0 aliphatic rings. The van der Waals surface area contributed by atoms with Gasteiger partial charge in [0, 0.05) is 23.1 Å². The molecule has 0 saturated carbocycles. The molecule has 16 heavy (non-hydrogen) atoms. The van der Waals surface area contributed by atoms with Crippen molar-refractivity contribution < 1.29 is 0 Å². The fourth-order valence-corrected chi connectivity index (χ4v) is 2.31. The van der Waals surface area contributed by atoms with Crippen LogP contribution in [-0.4, -0.2) is 11.8 Å². The van der Waals surface area contributed by atoms with Crippen molar-refractivity contribution >= 4 is 11.8 Å². The lowest BCUT2D eigenvalue weighted by Crippen LogP contribution is -2.36. The van der Waals surface area contributed by atoms with Gasteiger partial charge in [-0.2, -0.15) is 0 Å². The van der Waals surface area contributed by atoms with Gasteiger partial charge in [0.2, 0.25) is 0 Å². The van der Waals surface area contributed by atoms with Crippen molar-refractivity contribution in [1.82, 2.24) is 5.43 Å². The van der Waals surface area contributed by atoms with E-state index in [4.69, 9.17) is 5.84 Å². The number of hydrogen-bond acceptors (Lipinski definition) is 3. The summed E-state index contributed by atoms with van der Waals surface area (Å²) in [5.41, 5.74) is 2.84. The Morgan fingerprint density at radius 1 is 1.38 bits per heavy atom. The molecule has 0 fully saturated rings. The second-order valence-corrected chi connectivity index (χ2v) is 4.55. The minimum absolute atomic E-state index is 0.325. The lowest BCUT2D eigenvalue weighted by molar-refractivity contribution is 0.547. The van der Waals surface area contributed by atoms with Crippen molar-refractivity contribution in [3.8, 4) is 11.8 Å². The maximum absolute atomic E-state index is 5.51. The molecule has 0 amide bonds. The summed E-state index contributed by atoms with van der Waals surface area (Å²) in [5, 5.41) is 0. The Morgan fingerprint density at radius 2 is 2.12 bits per heavy atom. The minimum atomic E-state index is 0.325. The Balaban J connectivity index is 2.30. The Labute approximate surface area is 102 Å². The smallest absolute Gasteiger partial charge is 0.0313 e. The van der Waals surface area contributed by atoms with E-state index in [1.807, 2.05) is 24.8 Å². The van der Waals surface area contributed by atoms with Crippen LogP contribution in [0.25, 0.3) is 0 Å². The highest BCUT2D eigenvalue weighted by Crippen LogP contribution is 2.18. The second-order valence-electron chi connectivity index (χ2n) is 3.45. The van der Waals surface area contributed by atoms with E-state index in [0.29, 0.717) is 6.04 Å². The van der Waals surface area contributed by atoms with Crippen LogP contribution < -0.4 is 11.3 Å². The first-order chi connectivity index (χ1) is 7.86. The quantitative estimate of drug-likeness (QED) is 0.343. The van der Waals surface area contributed by atoms with Crippen molar-refractivity contribution in [1.29, 1.82) is 0 Å². The normalized spacial score (nSPS) is 11.6. The molecule has 0 radical (unpaired) electrons. The molecule has 1 unspecified atom stereocenters. The number of thioether (sulfide) groups is 1. The molecule has 0 spiro atoms. The first kappa shape index (κ1) is 13.1. The van der Waals surface area contributed by atoms with E-state index in [0.717, 1.165) is 18.6 Å². The van der Waals surface area contributed by atoms with E-state index >= 15 is 0 Å². The lowest BCUT2D eigenvalue weighted by Gasteiger charge is -2.13. The van der Waals surface area contributed by atoms with Crippen LogP contribution in [0.4, 0.5) is 0 Å². The van der Waals surface area contributed by atoms with Gasteiger partial charge in [-0.15, -0.1) is 23.6 Å². The first-order valence-corrected chi connectivity index (χ1v) is 6.39. The molecule has 0 bridgehead atoms. The fourth-order valence-electron chi connectivity index (χ4n) is 1.30. The molecule has 1 aromatic carbocycles. The van der Waals surface area contributed by atoms with Gasteiger partial charge >= 0.3 is 0 Å². The van der Waals surface area contributed by atoms with E-state index < -0.39 is 0 Å². The average Bonchev–Trinajstić information content (AvgIpc) is 2.35. The molecule has 0 aliphatic carbocycles. The highest BCUT2D eigenvalue weighted by molar-refractivity contribution is 7.99. The molecule has 1 aromatic rings. The summed E-state index contributed by atoms with van der Waals surface area (Å²) < 4.78 is 0. The van der Waals surface area contributed by atoms with Crippen LogP contribution in [0.15, 0.2) is 35.2 Å². The summed E-state index contributed by atoms with van der Waals surface area (Å²) in [7, 11) is 0. The molecule has 1 rings (SSSR count). The number of hydrazine groups is 1. The molecule has 0 saturated heterocycles. The Hall–Kier alpha value is -0.950. The van der Waals surface area contributed by atoms with Gasteiger partial charge in [-0.05, 0) is 25.5 Å². The number of nitrogens with two attached hydrogens (primary N) is 1. The number of hydrogen-bond donors (Lipinski definition) is 2. The van der Waals surface area contributed by atoms with Crippen LogP contribution in [-0.2, 0) is 0 Å². The Bertz CT molecular complexity index is 340. The zero-order valence-electron chi connectivity index (χ0n) is 9.57. The summed E-state index contributed by atoms with van der Waals surface area (Å²) in [6, 6.07) is 10.7. The summed E-state index contributed by atoms with van der Waals surface area (Å²) in [5.74, 6) is 12.4. The van der Waals surface area contributed by atoms with E-state index in [2.05, 4.69) is 41.5 Å². The molecule has 3 heteroatoms. The Kier molecular flexibility index (Phi) is 6.75. The van der Waals surface area contributed by atoms with Gasteiger partial charge in [0.1, 0.15) is 0 Å². The van der Waals surface area contributed by atoms with Crippen LogP contribution >= 0.6 is 11.8 Å². The van der Waals surface area contributed by atoms with Crippen molar-refractivity contribution in [2.24, 2.45) is 5.84 Å². The van der Waals surface area contributed by atoms with Crippen molar-refractivity contribution in [3.05, 3.63) is 30.3 Å². The SMILES string of the molecule is CC#CCCC(CSc1ccccc1)NN. The largest absolute Gasteiger partial charge is 0.271 e. The van der Waals surface area contributed by atoms with Gasteiger partial charge in [-0.25, -0.2) is 0 Å². The number of benzene rings is 1. The average molecular weight is 234 g/mol. The van der Waals surface area contributed by atoms with E-state index in [1.54, 1.807) is 0 Å². The van der Waals surface area contributed by atoms with Gasteiger partial charge < -0.3 is 0 Å². The molecular formula is C13H18N2S. The molecule has 0 aliphatic heterocycles. The summed E-state index contributed by atoms with van der Waals surface area (Å²) in [6.45, 7) is 1.86. The van der Waals surface area contributed by atoms with Crippen molar-refractivity contribution in [2.75, 3.05) is 5.75 Å². The van der Waals surface area contributed by atoms with Crippen molar-refractivity contribution in [3.63, 3.8) is 0 Å². The van der Waals surface area contributed by atoms with Crippen molar-refractivity contribution in [2.45, 2.75) is 30.7 Å². The van der Waals surface area contributed by atoms with Crippen LogP contribution in [0.3, 0.4) is 0 Å². The predicted molar refractivity (Wildman–Crippen MR) is 71.0 cm³/mol. The molecule has 0 aromatic heterocycles. The summed E-state index contributed by atoms with van der Waals surface area (Å²) in [4.78, 5) is 1.28. The van der Waals surface area contributed by atoms with Crippen LogP contribution in [0.1, 0.15) is 19.8 Å². The molecular weight excluding hydrogens is 216 g/mol. The summed E-state index contributed by atoms with van der Waals surface area (Å²) >= 11 is 1.82. The highest BCUT2D eigenvalue weighted by Gasteiger charge is 2.05.